The number of anilines is 1. The maximum atomic E-state index is 12.1. The van der Waals surface area contributed by atoms with E-state index in [0.29, 0.717) is 13.0 Å². The molecule has 1 saturated heterocycles. The van der Waals surface area contributed by atoms with E-state index in [1.807, 2.05) is 30.3 Å². The Morgan fingerprint density at radius 3 is 2.79 bits per heavy atom. The normalized spacial score (nSPS) is 18.7. The molecule has 0 saturated carbocycles. The van der Waals surface area contributed by atoms with Gasteiger partial charge in [-0.2, -0.15) is 0 Å². The number of unbranched alkanes of at least 4 members (excludes halogenated alkanes) is 1. The molecule has 1 atom stereocenters. The van der Waals surface area contributed by atoms with Gasteiger partial charge in [-0.15, -0.1) is 0 Å². The Morgan fingerprint density at radius 1 is 1.37 bits per heavy atom. The quantitative estimate of drug-likeness (QED) is 0.883. The lowest BCUT2D eigenvalue weighted by Gasteiger charge is -2.15. The fourth-order valence-corrected chi connectivity index (χ4v) is 2.28. The lowest BCUT2D eigenvalue weighted by molar-refractivity contribution is -0.128. The Kier molecular flexibility index (Phi) is 4.55. The van der Waals surface area contributed by atoms with Crippen LogP contribution < -0.4 is 5.32 Å². The van der Waals surface area contributed by atoms with Gasteiger partial charge >= 0.3 is 0 Å². The summed E-state index contributed by atoms with van der Waals surface area (Å²) < 4.78 is 0. The van der Waals surface area contributed by atoms with Gasteiger partial charge < -0.3 is 10.2 Å². The summed E-state index contributed by atoms with van der Waals surface area (Å²) in [5.74, 6) is -0.176. The van der Waals surface area contributed by atoms with Crippen molar-refractivity contribution in [1.82, 2.24) is 4.90 Å². The predicted molar refractivity (Wildman–Crippen MR) is 74.7 cm³/mol. The third kappa shape index (κ3) is 3.56. The van der Waals surface area contributed by atoms with Gasteiger partial charge in [0, 0.05) is 25.2 Å². The van der Waals surface area contributed by atoms with Gasteiger partial charge in [0.15, 0.2) is 0 Å². The third-order valence-corrected chi connectivity index (χ3v) is 3.41. The van der Waals surface area contributed by atoms with E-state index < -0.39 is 0 Å². The SMILES string of the molecule is CCCCN1C[C@@H](C(=O)Nc2ccccc2)CC1=O. The number of carbonyl (C=O) groups is 2. The second-order valence-electron chi connectivity index (χ2n) is 4.95. The zero-order valence-electron chi connectivity index (χ0n) is 11.3. The van der Waals surface area contributed by atoms with Gasteiger partial charge in [0.2, 0.25) is 11.8 Å². The molecule has 2 amide bonds. The molecule has 4 nitrogen and oxygen atoms in total. The van der Waals surface area contributed by atoms with Crippen LogP contribution in [0.5, 0.6) is 0 Å². The molecule has 1 aliphatic rings. The molecule has 1 aromatic carbocycles. The maximum absolute atomic E-state index is 12.1. The topological polar surface area (TPSA) is 49.4 Å². The van der Waals surface area contributed by atoms with E-state index >= 15 is 0 Å². The average molecular weight is 260 g/mol. The molecule has 102 valence electrons. The van der Waals surface area contributed by atoms with E-state index in [0.717, 1.165) is 25.1 Å². The largest absolute Gasteiger partial charge is 0.342 e. The first-order chi connectivity index (χ1) is 9.20. The van der Waals surface area contributed by atoms with Gasteiger partial charge in [0.1, 0.15) is 0 Å². The Hall–Kier alpha value is -1.84. The van der Waals surface area contributed by atoms with E-state index in [1.54, 1.807) is 4.90 Å². The fourth-order valence-electron chi connectivity index (χ4n) is 2.28. The summed E-state index contributed by atoms with van der Waals surface area (Å²) in [6.07, 6.45) is 2.39. The van der Waals surface area contributed by atoms with Crippen molar-refractivity contribution < 1.29 is 9.59 Å². The van der Waals surface area contributed by atoms with E-state index in [-0.39, 0.29) is 17.7 Å². The molecule has 0 bridgehead atoms. The van der Waals surface area contributed by atoms with Crippen LogP contribution in [0.1, 0.15) is 26.2 Å². The highest BCUT2D eigenvalue weighted by molar-refractivity contribution is 5.97. The second-order valence-corrected chi connectivity index (χ2v) is 4.95. The zero-order valence-corrected chi connectivity index (χ0v) is 11.3. The number of benzene rings is 1. The number of carbonyl (C=O) groups excluding carboxylic acids is 2. The molecule has 0 spiro atoms. The van der Waals surface area contributed by atoms with Crippen LogP contribution in [0.2, 0.25) is 0 Å². The monoisotopic (exact) mass is 260 g/mol. The molecule has 4 heteroatoms. The summed E-state index contributed by atoms with van der Waals surface area (Å²) in [5.41, 5.74) is 0.784. The van der Waals surface area contributed by atoms with Crippen LogP contribution in [-0.2, 0) is 9.59 Å². The first-order valence-corrected chi connectivity index (χ1v) is 6.84. The molecule has 0 unspecified atom stereocenters. The number of rotatable bonds is 5. The Bertz CT molecular complexity index is 445. The molecule has 0 radical (unpaired) electrons. The molecule has 1 aliphatic heterocycles. The van der Waals surface area contributed by atoms with Crippen molar-refractivity contribution in [2.24, 2.45) is 5.92 Å². The summed E-state index contributed by atoms with van der Waals surface area (Å²) >= 11 is 0. The van der Waals surface area contributed by atoms with Crippen LogP contribution in [0, 0.1) is 5.92 Å². The highest BCUT2D eigenvalue weighted by Crippen LogP contribution is 2.20. The van der Waals surface area contributed by atoms with Gasteiger partial charge in [0.25, 0.3) is 0 Å². The fraction of sp³-hybridized carbons (Fsp3) is 0.467. The van der Waals surface area contributed by atoms with Crippen molar-refractivity contribution in [3.63, 3.8) is 0 Å². The van der Waals surface area contributed by atoms with E-state index in [9.17, 15) is 9.59 Å². The van der Waals surface area contributed by atoms with Crippen molar-refractivity contribution in [1.29, 1.82) is 0 Å². The minimum absolute atomic E-state index is 0.0569. The first-order valence-electron chi connectivity index (χ1n) is 6.84. The lowest BCUT2D eigenvalue weighted by atomic mass is 10.1. The van der Waals surface area contributed by atoms with Crippen LogP contribution in [0.15, 0.2) is 30.3 Å². The van der Waals surface area contributed by atoms with Gasteiger partial charge in [-0.25, -0.2) is 0 Å². The van der Waals surface area contributed by atoms with Gasteiger partial charge in [-0.1, -0.05) is 31.5 Å². The van der Waals surface area contributed by atoms with E-state index in [4.69, 9.17) is 0 Å². The summed E-state index contributed by atoms with van der Waals surface area (Å²) in [6, 6.07) is 9.36. The molecule has 1 heterocycles. The molecular formula is C15H20N2O2. The number of hydrogen-bond acceptors (Lipinski definition) is 2. The average Bonchev–Trinajstić information content (AvgIpc) is 2.79. The molecule has 19 heavy (non-hydrogen) atoms. The third-order valence-electron chi connectivity index (χ3n) is 3.41. The Labute approximate surface area is 113 Å². The molecule has 0 aliphatic carbocycles. The minimum atomic E-state index is -0.218. The lowest BCUT2D eigenvalue weighted by Crippen LogP contribution is -2.29. The van der Waals surface area contributed by atoms with Crippen LogP contribution in [-0.4, -0.2) is 29.8 Å². The van der Waals surface area contributed by atoms with Crippen LogP contribution >= 0.6 is 0 Å². The molecule has 1 fully saturated rings. The van der Waals surface area contributed by atoms with Gasteiger partial charge in [-0.3, -0.25) is 9.59 Å². The smallest absolute Gasteiger partial charge is 0.229 e. The zero-order chi connectivity index (χ0) is 13.7. The van der Waals surface area contributed by atoms with Crippen molar-refractivity contribution >= 4 is 17.5 Å². The van der Waals surface area contributed by atoms with Gasteiger partial charge in [0.05, 0.1) is 5.92 Å². The number of para-hydroxylation sites is 1. The summed E-state index contributed by atoms with van der Waals surface area (Å²) in [6.45, 7) is 3.42. The predicted octanol–water partition coefficient (Wildman–Crippen LogP) is 2.27. The number of likely N-dealkylation sites (tertiary alicyclic amines) is 1. The van der Waals surface area contributed by atoms with Crippen LogP contribution in [0.3, 0.4) is 0 Å². The highest BCUT2D eigenvalue weighted by atomic mass is 16.2. The molecule has 2 rings (SSSR count). The summed E-state index contributed by atoms with van der Waals surface area (Å²) in [5, 5.41) is 2.86. The number of hydrogen-bond donors (Lipinski definition) is 1. The van der Waals surface area contributed by atoms with Crippen molar-refractivity contribution in [3.8, 4) is 0 Å². The highest BCUT2D eigenvalue weighted by Gasteiger charge is 2.33. The first kappa shape index (κ1) is 13.6. The van der Waals surface area contributed by atoms with E-state index in [2.05, 4.69) is 12.2 Å². The number of amides is 2. The summed E-state index contributed by atoms with van der Waals surface area (Å²) in [7, 11) is 0. The van der Waals surface area contributed by atoms with Crippen molar-refractivity contribution in [2.45, 2.75) is 26.2 Å². The molecule has 0 aromatic heterocycles. The molecular weight excluding hydrogens is 240 g/mol. The Balaban J connectivity index is 1.89. The Morgan fingerprint density at radius 2 is 2.11 bits per heavy atom. The number of nitrogens with one attached hydrogen (secondary N) is 1. The maximum Gasteiger partial charge on any atom is 0.229 e. The van der Waals surface area contributed by atoms with Gasteiger partial charge in [-0.05, 0) is 18.6 Å². The number of nitrogens with zero attached hydrogens (tertiary/aromatic N) is 1. The minimum Gasteiger partial charge on any atom is -0.342 e. The van der Waals surface area contributed by atoms with Crippen LogP contribution in [0.4, 0.5) is 5.69 Å². The van der Waals surface area contributed by atoms with Crippen molar-refractivity contribution in [3.05, 3.63) is 30.3 Å². The second kappa shape index (κ2) is 6.36. The summed E-state index contributed by atoms with van der Waals surface area (Å²) in [4.78, 5) is 25.7. The van der Waals surface area contributed by atoms with Crippen molar-refractivity contribution in [2.75, 3.05) is 18.4 Å². The van der Waals surface area contributed by atoms with Crippen LogP contribution in [0.25, 0.3) is 0 Å². The molecule has 1 aromatic rings. The standard InChI is InChI=1S/C15H20N2O2/c1-2-3-9-17-11-12(10-14(17)18)15(19)16-13-7-5-4-6-8-13/h4-8,12H,2-3,9-11H2,1H3,(H,16,19)/t12-/m0/s1. The van der Waals surface area contributed by atoms with E-state index in [1.165, 1.54) is 0 Å². The molecule has 1 N–H and O–H groups in total.